The zero-order valence-electron chi connectivity index (χ0n) is 13.6. The van der Waals surface area contributed by atoms with Gasteiger partial charge in [0.2, 0.25) is 0 Å². The van der Waals surface area contributed by atoms with Gasteiger partial charge in [0.15, 0.2) is 6.29 Å². The molecule has 0 bridgehead atoms. The van der Waals surface area contributed by atoms with Crippen LogP contribution in [0.2, 0.25) is 0 Å². The molecule has 0 saturated heterocycles. The number of hydrogen-bond donors (Lipinski definition) is 0. The highest BCUT2D eigenvalue weighted by Crippen LogP contribution is 2.40. The van der Waals surface area contributed by atoms with Crippen LogP contribution in [0.5, 0.6) is 5.75 Å². The van der Waals surface area contributed by atoms with Crippen LogP contribution in [0.15, 0.2) is 60.8 Å². The highest BCUT2D eigenvalue weighted by molar-refractivity contribution is 6.04. The van der Waals surface area contributed by atoms with E-state index in [-0.39, 0.29) is 0 Å². The zero-order chi connectivity index (χ0) is 16.7. The quantitative estimate of drug-likeness (QED) is 0.504. The van der Waals surface area contributed by atoms with E-state index >= 15 is 0 Å². The Labute approximate surface area is 140 Å². The molecule has 0 aliphatic carbocycles. The van der Waals surface area contributed by atoms with E-state index in [1.54, 1.807) is 7.11 Å². The van der Waals surface area contributed by atoms with E-state index in [2.05, 4.69) is 18.2 Å². The molecule has 4 aromatic rings. The number of methoxy groups -OCH3 is 1. The minimum atomic E-state index is 0.642. The highest BCUT2D eigenvalue weighted by atomic mass is 16.5. The molecule has 0 aliphatic rings. The van der Waals surface area contributed by atoms with E-state index in [0.29, 0.717) is 5.69 Å². The molecule has 2 aromatic heterocycles. The van der Waals surface area contributed by atoms with Crippen molar-refractivity contribution < 1.29 is 9.53 Å². The van der Waals surface area contributed by atoms with Gasteiger partial charge in [-0.05, 0) is 41.5 Å². The molecular weight excluding hydrogens is 298 g/mol. The fourth-order valence-electron chi connectivity index (χ4n) is 3.38. The molecule has 0 radical (unpaired) electrons. The Bertz CT molecular complexity index is 1080. The maximum Gasteiger partial charge on any atom is 0.167 e. The summed E-state index contributed by atoms with van der Waals surface area (Å²) in [6.45, 7) is 2.05. The Morgan fingerprint density at radius 1 is 1.04 bits per heavy atom. The van der Waals surface area contributed by atoms with Crippen LogP contribution in [0.1, 0.15) is 16.1 Å². The molecule has 0 N–H and O–H groups in total. The summed E-state index contributed by atoms with van der Waals surface area (Å²) in [6, 6.07) is 18.2. The van der Waals surface area contributed by atoms with Crippen LogP contribution in [-0.4, -0.2) is 17.8 Å². The number of carbonyl (C=O) groups is 1. The average Bonchev–Trinajstić information content (AvgIpc) is 3.00. The Kier molecular flexibility index (Phi) is 3.35. The summed E-state index contributed by atoms with van der Waals surface area (Å²) < 4.78 is 7.55. The largest absolute Gasteiger partial charge is 0.496 e. The number of rotatable bonds is 3. The number of fused-ring (bicyclic) bond motifs is 2. The van der Waals surface area contributed by atoms with Crippen molar-refractivity contribution in [3.63, 3.8) is 0 Å². The first kappa shape index (κ1) is 14.5. The van der Waals surface area contributed by atoms with E-state index in [1.807, 2.05) is 53.9 Å². The summed E-state index contributed by atoms with van der Waals surface area (Å²) in [5.41, 5.74) is 4.66. The summed E-state index contributed by atoms with van der Waals surface area (Å²) >= 11 is 0. The zero-order valence-corrected chi connectivity index (χ0v) is 13.6. The van der Waals surface area contributed by atoms with Crippen LogP contribution >= 0.6 is 0 Å². The second-order valence-corrected chi connectivity index (χ2v) is 5.87. The van der Waals surface area contributed by atoms with Gasteiger partial charge in [-0.1, -0.05) is 36.4 Å². The minimum absolute atomic E-state index is 0.642. The lowest BCUT2D eigenvalue weighted by Crippen LogP contribution is -1.95. The number of aromatic nitrogens is 1. The van der Waals surface area contributed by atoms with Crippen molar-refractivity contribution in [3.8, 4) is 16.9 Å². The Balaban J connectivity index is 2.17. The Hall–Kier alpha value is -3.07. The normalized spacial score (nSPS) is 11.1. The molecule has 118 valence electrons. The minimum Gasteiger partial charge on any atom is -0.496 e. The molecule has 3 nitrogen and oxygen atoms in total. The van der Waals surface area contributed by atoms with E-state index < -0.39 is 0 Å². The summed E-state index contributed by atoms with van der Waals surface area (Å²) in [7, 11) is 1.66. The van der Waals surface area contributed by atoms with Crippen molar-refractivity contribution in [2.24, 2.45) is 0 Å². The first-order valence-corrected chi connectivity index (χ1v) is 7.86. The van der Waals surface area contributed by atoms with Crippen LogP contribution < -0.4 is 4.74 Å². The van der Waals surface area contributed by atoms with E-state index in [9.17, 15) is 4.79 Å². The molecule has 2 aromatic carbocycles. The number of carbonyl (C=O) groups excluding carboxylic acids is 1. The maximum atomic E-state index is 11.9. The number of aryl methyl sites for hydroxylation is 1. The third-order valence-electron chi connectivity index (χ3n) is 4.55. The molecule has 0 amide bonds. The van der Waals surface area contributed by atoms with Gasteiger partial charge in [-0.2, -0.15) is 0 Å². The van der Waals surface area contributed by atoms with Gasteiger partial charge in [0.1, 0.15) is 5.75 Å². The van der Waals surface area contributed by atoms with Crippen molar-refractivity contribution in [2.75, 3.05) is 7.11 Å². The van der Waals surface area contributed by atoms with Crippen LogP contribution in [0.25, 0.3) is 27.4 Å². The van der Waals surface area contributed by atoms with Crippen molar-refractivity contribution in [1.82, 2.24) is 4.40 Å². The first-order valence-electron chi connectivity index (χ1n) is 7.86. The molecule has 0 unspecified atom stereocenters. The lowest BCUT2D eigenvalue weighted by atomic mass is 9.97. The third-order valence-corrected chi connectivity index (χ3v) is 4.55. The second kappa shape index (κ2) is 5.53. The Morgan fingerprint density at radius 3 is 2.67 bits per heavy atom. The molecule has 0 fully saturated rings. The van der Waals surface area contributed by atoms with Gasteiger partial charge in [-0.25, -0.2) is 0 Å². The predicted molar refractivity (Wildman–Crippen MR) is 97.0 cm³/mol. The third kappa shape index (κ3) is 2.02. The van der Waals surface area contributed by atoms with Gasteiger partial charge in [-0.3, -0.25) is 4.79 Å². The number of pyridine rings is 1. The van der Waals surface area contributed by atoms with Gasteiger partial charge in [0, 0.05) is 22.8 Å². The lowest BCUT2D eigenvalue weighted by molar-refractivity contribution is 0.111. The molecule has 0 saturated carbocycles. The highest BCUT2D eigenvalue weighted by Gasteiger charge is 2.18. The fraction of sp³-hybridized carbons (Fsp3) is 0.0952. The molecule has 0 atom stereocenters. The molecular formula is C21H17NO2. The smallest absolute Gasteiger partial charge is 0.167 e. The topological polar surface area (TPSA) is 30.7 Å². The average molecular weight is 315 g/mol. The van der Waals surface area contributed by atoms with Gasteiger partial charge in [0.25, 0.3) is 0 Å². The summed E-state index contributed by atoms with van der Waals surface area (Å²) in [4.78, 5) is 11.9. The van der Waals surface area contributed by atoms with Crippen molar-refractivity contribution >= 4 is 22.6 Å². The van der Waals surface area contributed by atoms with Gasteiger partial charge in [0.05, 0.1) is 12.8 Å². The first-order chi connectivity index (χ1) is 11.7. The maximum absolute atomic E-state index is 11.9. The number of hydrogen-bond acceptors (Lipinski definition) is 2. The van der Waals surface area contributed by atoms with Crippen LogP contribution in [0.4, 0.5) is 0 Å². The summed E-state index contributed by atoms with van der Waals surface area (Å²) in [6.07, 6.45) is 2.84. The Morgan fingerprint density at radius 2 is 1.88 bits per heavy atom. The van der Waals surface area contributed by atoms with E-state index in [0.717, 1.165) is 45.0 Å². The summed E-state index contributed by atoms with van der Waals surface area (Å²) in [5.74, 6) is 0.769. The number of aldehydes is 1. The van der Waals surface area contributed by atoms with Crippen molar-refractivity contribution in [2.45, 2.75) is 6.92 Å². The SMILES string of the molecule is COc1ccc2ccccc2c1-c1cc2c(C)cccn2c1C=O. The molecule has 4 rings (SSSR count). The molecule has 3 heteroatoms. The number of benzene rings is 2. The monoisotopic (exact) mass is 315 g/mol. The lowest BCUT2D eigenvalue weighted by Gasteiger charge is -2.12. The van der Waals surface area contributed by atoms with Gasteiger partial charge < -0.3 is 9.14 Å². The number of nitrogens with zero attached hydrogens (tertiary/aromatic N) is 1. The van der Waals surface area contributed by atoms with Crippen LogP contribution in [-0.2, 0) is 0 Å². The molecule has 2 heterocycles. The summed E-state index contributed by atoms with van der Waals surface area (Å²) in [5, 5.41) is 2.20. The molecule has 0 spiro atoms. The van der Waals surface area contributed by atoms with E-state index in [1.165, 1.54) is 0 Å². The number of ether oxygens (including phenoxy) is 1. The van der Waals surface area contributed by atoms with Crippen molar-refractivity contribution in [3.05, 3.63) is 72.1 Å². The second-order valence-electron chi connectivity index (χ2n) is 5.87. The standard InChI is InChI=1S/C21H17NO2/c1-14-6-5-11-22-18(14)12-17(19(22)13-23)21-16-8-4-3-7-15(16)9-10-20(21)24-2/h3-13H,1-2H3. The molecule has 0 aliphatic heterocycles. The molecule has 24 heavy (non-hydrogen) atoms. The van der Waals surface area contributed by atoms with E-state index in [4.69, 9.17) is 4.74 Å². The van der Waals surface area contributed by atoms with Crippen molar-refractivity contribution in [1.29, 1.82) is 0 Å². The van der Waals surface area contributed by atoms with Gasteiger partial charge in [-0.15, -0.1) is 0 Å². The van der Waals surface area contributed by atoms with Crippen LogP contribution in [0, 0.1) is 6.92 Å². The van der Waals surface area contributed by atoms with Crippen LogP contribution in [0.3, 0.4) is 0 Å². The fourth-order valence-corrected chi connectivity index (χ4v) is 3.38. The predicted octanol–water partition coefficient (Wildman–Crippen LogP) is 4.89. The van der Waals surface area contributed by atoms with Gasteiger partial charge >= 0.3 is 0 Å².